The Morgan fingerprint density at radius 1 is 1.00 bits per heavy atom. The van der Waals surface area contributed by atoms with E-state index in [1.165, 1.54) is 37.7 Å². The molecule has 3 fully saturated rings. The predicted octanol–water partition coefficient (Wildman–Crippen LogP) is 7.40. The van der Waals surface area contributed by atoms with Crippen LogP contribution in [0.2, 0.25) is 0 Å². The Morgan fingerprint density at radius 2 is 1.72 bits per heavy atom. The summed E-state index contributed by atoms with van der Waals surface area (Å²) in [6, 6.07) is 4.96. The van der Waals surface area contributed by atoms with Gasteiger partial charge in [0.1, 0.15) is 11.9 Å². The van der Waals surface area contributed by atoms with Gasteiger partial charge in [-0.15, -0.1) is 0 Å². The van der Waals surface area contributed by atoms with Crippen LogP contribution in [0.15, 0.2) is 12.1 Å². The highest BCUT2D eigenvalue weighted by Gasteiger charge is 2.67. The third-order valence-electron chi connectivity index (χ3n) is 11.5. The third kappa shape index (κ3) is 2.87. The van der Waals surface area contributed by atoms with Gasteiger partial charge in [-0.2, -0.15) is 0 Å². The van der Waals surface area contributed by atoms with Gasteiger partial charge in [-0.1, -0.05) is 67.9 Å². The molecule has 5 rings (SSSR count). The summed E-state index contributed by atoms with van der Waals surface area (Å²) in [5, 5.41) is 11.0. The summed E-state index contributed by atoms with van der Waals surface area (Å²) in [6.07, 6.45) is 8.32. The maximum absolute atomic E-state index is 11.0. The van der Waals surface area contributed by atoms with Crippen molar-refractivity contribution in [1.29, 1.82) is 0 Å². The Hall–Kier alpha value is -1.02. The number of aryl methyl sites for hydroxylation is 1. The third-order valence-corrected chi connectivity index (χ3v) is 11.5. The summed E-state index contributed by atoms with van der Waals surface area (Å²) in [6.45, 7) is 19.1. The molecule has 32 heavy (non-hydrogen) atoms. The van der Waals surface area contributed by atoms with E-state index in [-0.39, 0.29) is 28.5 Å². The Labute approximate surface area is 196 Å². The Balaban J connectivity index is 1.57. The molecule has 0 aromatic heterocycles. The van der Waals surface area contributed by atoms with Crippen LogP contribution >= 0.6 is 0 Å². The Bertz CT molecular complexity index is 912. The van der Waals surface area contributed by atoms with Crippen molar-refractivity contribution in [2.75, 3.05) is 0 Å². The van der Waals surface area contributed by atoms with Gasteiger partial charge in [0.15, 0.2) is 0 Å². The fraction of sp³-hybridized carbons (Fsp3) is 0.800. The molecular weight excluding hydrogens is 392 g/mol. The zero-order valence-electron chi connectivity index (χ0n) is 21.8. The molecule has 178 valence electrons. The quantitative estimate of drug-likeness (QED) is 0.532. The minimum absolute atomic E-state index is 0.0943. The lowest BCUT2D eigenvalue weighted by molar-refractivity contribution is -0.0607. The molecule has 6 atom stereocenters. The molecule has 2 bridgehead atoms. The van der Waals surface area contributed by atoms with Crippen LogP contribution in [0.25, 0.3) is 0 Å². The molecule has 3 saturated carbocycles. The summed E-state index contributed by atoms with van der Waals surface area (Å²) in [5.74, 6) is 2.84. The van der Waals surface area contributed by atoms with Crippen molar-refractivity contribution < 1.29 is 9.84 Å². The van der Waals surface area contributed by atoms with Crippen LogP contribution in [0.4, 0.5) is 0 Å². The molecule has 2 nitrogen and oxygen atoms in total. The largest absolute Gasteiger partial charge is 0.489 e. The zero-order valence-corrected chi connectivity index (χ0v) is 21.8. The van der Waals surface area contributed by atoms with Gasteiger partial charge in [0.25, 0.3) is 0 Å². The van der Waals surface area contributed by atoms with E-state index in [9.17, 15) is 5.11 Å². The molecule has 2 heteroatoms. The molecule has 0 heterocycles. The highest BCUT2D eigenvalue weighted by atomic mass is 16.5. The lowest BCUT2D eigenvalue weighted by Crippen LogP contribution is -2.48. The van der Waals surface area contributed by atoms with Gasteiger partial charge in [-0.25, -0.2) is 0 Å². The van der Waals surface area contributed by atoms with E-state index in [1.54, 1.807) is 11.1 Å². The van der Waals surface area contributed by atoms with Crippen molar-refractivity contribution in [1.82, 2.24) is 0 Å². The first-order chi connectivity index (χ1) is 14.8. The van der Waals surface area contributed by atoms with Gasteiger partial charge in [0.05, 0.1) is 6.10 Å². The van der Waals surface area contributed by atoms with E-state index in [1.807, 2.05) is 0 Å². The van der Waals surface area contributed by atoms with Crippen molar-refractivity contribution in [3.8, 4) is 5.75 Å². The minimum atomic E-state index is -0.262. The van der Waals surface area contributed by atoms with Gasteiger partial charge >= 0.3 is 0 Å². The van der Waals surface area contributed by atoms with Crippen molar-refractivity contribution >= 4 is 0 Å². The van der Waals surface area contributed by atoms with E-state index in [0.717, 1.165) is 24.5 Å². The average Bonchev–Trinajstić information content (AvgIpc) is 2.98. The van der Waals surface area contributed by atoms with Crippen LogP contribution in [-0.2, 0) is 11.8 Å². The maximum atomic E-state index is 11.0. The molecule has 4 aliphatic rings. The van der Waals surface area contributed by atoms with Crippen molar-refractivity contribution in [3.63, 3.8) is 0 Å². The second-order valence-corrected chi connectivity index (χ2v) is 13.8. The molecule has 1 N–H and O–H groups in total. The summed E-state index contributed by atoms with van der Waals surface area (Å²) in [5.41, 5.74) is 5.09. The van der Waals surface area contributed by atoms with Crippen LogP contribution in [0, 0.1) is 28.1 Å². The second kappa shape index (κ2) is 7.00. The van der Waals surface area contributed by atoms with Crippen molar-refractivity contribution in [2.24, 2.45) is 28.1 Å². The molecule has 0 radical (unpaired) electrons. The highest BCUT2D eigenvalue weighted by molar-refractivity contribution is 5.49. The van der Waals surface area contributed by atoms with E-state index in [0.29, 0.717) is 17.3 Å². The SMILES string of the molecule is CC(C)c1cc2c(cc1O[C@H]1CC3C[C@@H](O)[C@]1(C)C3(C)C)[C@@]1(C)CCCC(C)(C)[C@@H]1CC2. The monoisotopic (exact) mass is 438 g/mol. The summed E-state index contributed by atoms with van der Waals surface area (Å²) in [4.78, 5) is 0. The molecule has 4 aliphatic carbocycles. The van der Waals surface area contributed by atoms with Crippen LogP contribution in [0.5, 0.6) is 5.75 Å². The molecule has 1 aromatic rings. The highest BCUT2D eigenvalue weighted by Crippen LogP contribution is 2.66. The summed E-state index contributed by atoms with van der Waals surface area (Å²) in [7, 11) is 0. The number of benzene rings is 1. The maximum Gasteiger partial charge on any atom is 0.123 e. The standard InChI is InChI=1S/C30H46O2/c1-18(2)21-14-19-10-11-24-27(3,4)12-9-13-29(24,7)22(19)17-23(21)32-26-16-20-15-25(31)30(26,8)28(20,5)6/h14,17-18,20,24-26,31H,9-13,15-16H2,1-8H3/t20?,24-,25+,26-,29+,30-/m0/s1. The number of rotatable bonds is 3. The number of fused-ring (bicyclic) bond motifs is 5. The zero-order chi connectivity index (χ0) is 23.3. The van der Waals surface area contributed by atoms with Crippen LogP contribution in [0.1, 0.15) is 117 Å². The van der Waals surface area contributed by atoms with Gasteiger partial charge in [-0.05, 0) is 95.3 Å². The van der Waals surface area contributed by atoms with Gasteiger partial charge in [-0.3, -0.25) is 0 Å². The lowest BCUT2D eigenvalue weighted by Gasteiger charge is -2.54. The predicted molar refractivity (Wildman–Crippen MR) is 132 cm³/mol. The summed E-state index contributed by atoms with van der Waals surface area (Å²) >= 11 is 0. The van der Waals surface area contributed by atoms with Crippen LogP contribution < -0.4 is 4.74 Å². The fourth-order valence-corrected chi connectivity index (χ4v) is 8.91. The van der Waals surface area contributed by atoms with E-state index >= 15 is 0 Å². The van der Waals surface area contributed by atoms with E-state index < -0.39 is 0 Å². The first-order valence-electron chi connectivity index (χ1n) is 13.3. The van der Waals surface area contributed by atoms with Crippen LogP contribution in [0.3, 0.4) is 0 Å². The topological polar surface area (TPSA) is 29.5 Å². The Kier molecular flexibility index (Phi) is 4.98. The Morgan fingerprint density at radius 3 is 2.34 bits per heavy atom. The molecule has 1 unspecified atom stereocenters. The molecule has 0 aliphatic heterocycles. The number of hydrogen-bond acceptors (Lipinski definition) is 2. The van der Waals surface area contributed by atoms with E-state index in [4.69, 9.17) is 4.74 Å². The van der Waals surface area contributed by atoms with Crippen molar-refractivity contribution in [2.45, 2.75) is 124 Å². The number of hydrogen-bond donors (Lipinski definition) is 1. The number of aliphatic hydroxyl groups is 1. The average molecular weight is 439 g/mol. The van der Waals surface area contributed by atoms with Crippen LogP contribution in [-0.4, -0.2) is 17.3 Å². The number of aliphatic hydroxyl groups excluding tert-OH is 1. The van der Waals surface area contributed by atoms with Crippen molar-refractivity contribution in [3.05, 3.63) is 28.8 Å². The second-order valence-electron chi connectivity index (χ2n) is 13.8. The fourth-order valence-electron chi connectivity index (χ4n) is 8.91. The first kappa shape index (κ1) is 22.8. The van der Waals surface area contributed by atoms with Gasteiger partial charge < -0.3 is 9.84 Å². The molecule has 0 amide bonds. The lowest BCUT2D eigenvalue weighted by atomic mass is 9.50. The number of ether oxygens (including phenoxy) is 1. The molecule has 0 spiro atoms. The smallest absolute Gasteiger partial charge is 0.123 e. The normalized spacial score (nSPS) is 41.4. The van der Waals surface area contributed by atoms with Gasteiger partial charge in [0, 0.05) is 5.41 Å². The first-order valence-corrected chi connectivity index (χ1v) is 13.3. The minimum Gasteiger partial charge on any atom is -0.489 e. The molecule has 0 saturated heterocycles. The molecular formula is C30H46O2. The molecule has 1 aromatic carbocycles. The summed E-state index contributed by atoms with van der Waals surface area (Å²) < 4.78 is 6.99. The van der Waals surface area contributed by atoms with Gasteiger partial charge in [0.2, 0.25) is 0 Å². The van der Waals surface area contributed by atoms with E-state index in [2.05, 4.69) is 67.5 Å².